The Bertz CT molecular complexity index is 493. The third-order valence-corrected chi connectivity index (χ3v) is 3.48. The number of halogens is 1. The van der Waals surface area contributed by atoms with Gasteiger partial charge in [0, 0.05) is 0 Å². The molecule has 1 N–H and O–H groups in total. The second-order valence-electron chi connectivity index (χ2n) is 4.55. The van der Waals surface area contributed by atoms with Crippen molar-refractivity contribution in [2.24, 2.45) is 0 Å². The molecule has 2 nitrogen and oxygen atoms in total. The summed E-state index contributed by atoms with van der Waals surface area (Å²) in [4.78, 5) is 11.3. The number of rotatable bonds is 2. The van der Waals surface area contributed by atoms with Crippen molar-refractivity contribution < 1.29 is 9.18 Å². The second-order valence-corrected chi connectivity index (χ2v) is 4.55. The molecule has 0 bridgehead atoms. The molecule has 1 aliphatic rings. The zero-order valence-electron chi connectivity index (χ0n) is 10.1. The van der Waals surface area contributed by atoms with Crippen molar-refractivity contribution in [1.29, 1.82) is 0 Å². The van der Waals surface area contributed by atoms with Crippen LogP contribution in [-0.4, -0.2) is 5.91 Å². The van der Waals surface area contributed by atoms with Gasteiger partial charge in [-0.15, -0.1) is 0 Å². The standard InChI is InChI=1S/C14H16FNO/c1-8-4-5-11-6-7-12(13(11)9(8)2)16-14(17)10(3)15/h4-5,12H,3,6-7H2,1-2H3,(H,16,17). The first-order valence-electron chi connectivity index (χ1n) is 5.75. The highest BCUT2D eigenvalue weighted by atomic mass is 19.1. The van der Waals surface area contributed by atoms with Crippen LogP contribution >= 0.6 is 0 Å². The van der Waals surface area contributed by atoms with Crippen LogP contribution in [0.1, 0.15) is 34.7 Å². The average Bonchev–Trinajstić information content (AvgIpc) is 2.67. The van der Waals surface area contributed by atoms with Crippen molar-refractivity contribution in [1.82, 2.24) is 5.32 Å². The highest BCUT2D eigenvalue weighted by Gasteiger charge is 2.26. The van der Waals surface area contributed by atoms with Crippen LogP contribution in [0.5, 0.6) is 0 Å². The van der Waals surface area contributed by atoms with Crippen LogP contribution in [0.2, 0.25) is 0 Å². The predicted molar refractivity (Wildman–Crippen MR) is 65.4 cm³/mol. The zero-order chi connectivity index (χ0) is 12.6. The van der Waals surface area contributed by atoms with Crippen molar-refractivity contribution in [2.75, 3.05) is 0 Å². The molecule has 90 valence electrons. The van der Waals surface area contributed by atoms with E-state index in [1.54, 1.807) is 0 Å². The Morgan fingerprint density at radius 3 is 2.82 bits per heavy atom. The Hall–Kier alpha value is -1.64. The molecule has 0 spiro atoms. The highest BCUT2D eigenvalue weighted by Crippen LogP contribution is 2.35. The summed E-state index contributed by atoms with van der Waals surface area (Å²) in [6.45, 7) is 7.10. The largest absolute Gasteiger partial charge is 0.343 e. The fourth-order valence-corrected chi connectivity index (χ4v) is 2.42. The minimum atomic E-state index is -0.927. The van der Waals surface area contributed by atoms with Gasteiger partial charge in [0.2, 0.25) is 0 Å². The van der Waals surface area contributed by atoms with E-state index >= 15 is 0 Å². The van der Waals surface area contributed by atoms with Gasteiger partial charge >= 0.3 is 0 Å². The van der Waals surface area contributed by atoms with Crippen LogP contribution < -0.4 is 5.32 Å². The Labute approximate surface area is 101 Å². The van der Waals surface area contributed by atoms with Crippen LogP contribution in [0.25, 0.3) is 0 Å². The molecular formula is C14H16FNO. The summed E-state index contributed by atoms with van der Waals surface area (Å²) in [6.07, 6.45) is 1.76. The summed E-state index contributed by atoms with van der Waals surface area (Å²) >= 11 is 0. The molecule has 2 rings (SSSR count). The third kappa shape index (κ3) is 2.09. The van der Waals surface area contributed by atoms with E-state index in [0.717, 1.165) is 18.4 Å². The molecule has 0 saturated heterocycles. The van der Waals surface area contributed by atoms with Crippen molar-refractivity contribution in [3.8, 4) is 0 Å². The van der Waals surface area contributed by atoms with Gasteiger partial charge in [0.1, 0.15) is 0 Å². The Morgan fingerprint density at radius 1 is 1.47 bits per heavy atom. The van der Waals surface area contributed by atoms with E-state index in [4.69, 9.17) is 0 Å². The lowest BCUT2D eigenvalue weighted by Crippen LogP contribution is -2.27. The van der Waals surface area contributed by atoms with Gasteiger partial charge in [0.15, 0.2) is 5.83 Å². The molecule has 0 aromatic heterocycles. The number of aryl methyl sites for hydroxylation is 2. The molecular weight excluding hydrogens is 217 g/mol. The molecule has 1 aromatic carbocycles. The summed E-state index contributed by atoms with van der Waals surface area (Å²) in [6, 6.07) is 4.10. The molecule has 1 aliphatic carbocycles. The number of amides is 1. The van der Waals surface area contributed by atoms with Crippen LogP contribution in [0.15, 0.2) is 24.5 Å². The number of carbonyl (C=O) groups is 1. The Balaban J connectivity index is 2.30. The van der Waals surface area contributed by atoms with Crippen LogP contribution in [0, 0.1) is 13.8 Å². The fourth-order valence-electron chi connectivity index (χ4n) is 2.42. The number of hydrogen-bond acceptors (Lipinski definition) is 1. The third-order valence-electron chi connectivity index (χ3n) is 3.48. The van der Waals surface area contributed by atoms with Gasteiger partial charge in [-0.25, -0.2) is 4.39 Å². The van der Waals surface area contributed by atoms with Crippen molar-refractivity contribution in [2.45, 2.75) is 32.7 Å². The number of hydrogen-bond donors (Lipinski definition) is 1. The molecule has 3 heteroatoms. The van der Waals surface area contributed by atoms with E-state index in [1.165, 1.54) is 16.7 Å². The van der Waals surface area contributed by atoms with Crippen LogP contribution in [0.3, 0.4) is 0 Å². The molecule has 17 heavy (non-hydrogen) atoms. The maximum absolute atomic E-state index is 12.7. The summed E-state index contributed by atoms with van der Waals surface area (Å²) in [7, 11) is 0. The molecule has 0 radical (unpaired) electrons. The normalized spacial score (nSPS) is 17.7. The van der Waals surface area contributed by atoms with Gasteiger partial charge in [0.25, 0.3) is 5.91 Å². The topological polar surface area (TPSA) is 29.1 Å². The van der Waals surface area contributed by atoms with E-state index in [2.05, 4.69) is 24.0 Å². The lowest BCUT2D eigenvalue weighted by atomic mass is 9.97. The minimum absolute atomic E-state index is 0.0788. The Kier molecular flexibility index (Phi) is 3.01. The lowest BCUT2D eigenvalue weighted by Gasteiger charge is -2.16. The summed E-state index contributed by atoms with van der Waals surface area (Å²) < 4.78 is 12.7. The molecule has 0 aliphatic heterocycles. The summed E-state index contributed by atoms with van der Waals surface area (Å²) in [5.41, 5.74) is 4.79. The van der Waals surface area contributed by atoms with Crippen molar-refractivity contribution in [3.63, 3.8) is 0 Å². The Morgan fingerprint density at radius 2 is 2.18 bits per heavy atom. The molecule has 1 aromatic rings. The molecule has 0 saturated carbocycles. The summed E-state index contributed by atoms with van der Waals surface area (Å²) in [5, 5.41) is 2.69. The quantitative estimate of drug-likeness (QED) is 0.782. The first kappa shape index (κ1) is 11.8. The van der Waals surface area contributed by atoms with E-state index in [1.807, 2.05) is 13.8 Å². The number of benzene rings is 1. The summed E-state index contributed by atoms with van der Waals surface area (Å²) in [5.74, 6) is -1.63. The maximum atomic E-state index is 12.7. The molecule has 0 fully saturated rings. The maximum Gasteiger partial charge on any atom is 0.279 e. The van der Waals surface area contributed by atoms with Gasteiger partial charge in [-0.1, -0.05) is 18.7 Å². The highest BCUT2D eigenvalue weighted by molar-refractivity contribution is 5.90. The monoisotopic (exact) mass is 233 g/mol. The minimum Gasteiger partial charge on any atom is -0.343 e. The fraction of sp³-hybridized carbons (Fsp3) is 0.357. The van der Waals surface area contributed by atoms with Gasteiger partial charge in [-0.2, -0.15) is 0 Å². The van der Waals surface area contributed by atoms with E-state index in [-0.39, 0.29) is 6.04 Å². The SMILES string of the molecule is C=C(F)C(=O)NC1CCc2ccc(C)c(C)c21. The molecule has 1 unspecified atom stereocenters. The second kappa shape index (κ2) is 4.32. The van der Waals surface area contributed by atoms with Crippen LogP contribution in [-0.2, 0) is 11.2 Å². The molecule has 1 atom stereocenters. The van der Waals surface area contributed by atoms with Crippen molar-refractivity contribution >= 4 is 5.91 Å². The lowest BCUT2D eigenvalue weighted by molar-refractivity contribution is -0.119. The molecule has 1 amide bonds. The van der Waals surface area contributed by atoms with Gasteiger partial charge in [-0.3, -0.25) is 4.79 Å². The average molecular weight is 233 g/mol. The van der Waals surface area contributed by atoms with E-state index in [9.17, 15) is 9.18 Å². The van der Waals surface area contributed by atoms with E-state index in [0.29, 0.717) is 0 Å². The molecule has 0 heterocycles. The van der Waals surface area contributed by atoms with Gasteiger partial charge in [-0.05, 0) is 48.9 Å². The smallest absolute Gasteiger partial charge is 0.279 e. The first-order valence-corrected chi connectivity index (χ1v) is 5.75. The predicted octanol–water partition coefficient (Wildman–Crippen LogP) is 2.89. The van der Waals surface area contributed by atoms with Crippen molar-refractivity contribution in [3.05, 3.63) is 46.8 Å². The van der Waals surface area contributed by atoms with Gasteiger partial charge < -0.3 is 5.32 Å². The first-order chi connectivity index (χ1) is 8.00. The number of carbonyl (C=O) groups excluding carboxylic acids is 1. The zero-order valence-corrected chi connectivity index (χ0v) is 10.1. The van der Waals surface area contributed by atoms with E-state index < -0.39 is 11.7 Å². The van der Waals surface area contributed by atoms with Gasteiger partial charge in [0.05, 0.1) is 6.04 Å². The van der Waals surface area contributed by atoms with Crippen LogP contribution in [0.4, 0.5) is 4.39 Å². The number of fused-ring (bicyclic) bond motifs is 1. The number of nitrogens with one attached hydrogen (secondary N) is 1.